The monoisotopic (exact) mass is 568 g/mol. The molecule has 1 aliphatic heterocycles. The average molecular weight is 569 g/mol. The number of hydrogen-bond donors (Lipinski definition) is 2. The lowest BCUT2D eigenvalue weighted by atomic mass is 10.0. The predicted molar refractivity (Wildman–Crippen MR) is 144 cm³/mol. The van der Waals surface area contributed by atoms with Crippen molar-refractivity contribution in [2.24, 2.45) is 5.92 Å². The van der Waals surface area contributed by atoms with E-state index >= 15 is 0 Å². The quantitative estimate of drug-likeness (QED) is 0.461. The molecule has 10 nitrogen and oxygen atoms in total. The SMILES string of the molecule is CC(C)[C@@H](CN(C(=O)C(Cl)Cl)c1cccc(-c2ccno2)c1)NC(=O)C1CC(O)CN1C(=O)OC(C)(C)C. The zero-order valence-electron chi connectivity index (χ0n) is 22.1. The van der Waals surface area contributed by atoms with Crippen LogP contribution in [-0.2, 0) is 14.3 Å². The number of anilines is 1. The Bertz CT molecular complexity index is 1120. The number of nitrogens with zero attached hydrogens (tertiary/aromatic N) is 3. The normalized spacial score (nSPS) is 18.5. The first-order chi connectivity index (χ1) is 17.8. The maximum Gasteiger partial charge on any atom is 0.411 e. The van der Waals surface area contributed by atoms with Gasteiger partial charge in [0.25, 0.3) is 5.91 Å². The highest BCUT2D eigenvalue weighted by molar-refractivity contribution is 6.54. The minimum Gasteiger partial charge on any atom is -0.444 e. The predicted octanol–water partition coefficient (Wildman–Crippen LogP) is 3.99. The zero-order chi connectivity index (χ0) is 28.2. The Labute approximate surface area is 232 Å². The average Bonchev–Trinajstić information content (AvgIpc) is 3.50. The number of aliphatic hydroxyl groups is 1. The fourth-order valence-corrected chi connectivity index (χ4v) is 4.35. The van der Waals surface area contributed by atoms with Crippen molar-refractivity contribution in [3.05, 3.63) is 36.5 Å². The van der Waals surface area contributed by atoms with E-state index in [2.05, 4.69) is 10.5 Å². The number of alkyl halides is 2. The first kappa shape index (κ1) is 29.7. The van der Waals surface area contributed by atoms with Gasteiger partial charge in [-0.2, -0.15) is 0 Å². The third-order valence-corrected chi connectivity index (χ3v) is 6.43. The Hall–Kier alpha value is -2.82. The Morgan fingerprint density at radius 2 is 1.97 bits per heavy atom. The molecule has 2 N–H and O–H groups in total. The molecule has 2 unspecified atom stereocenters. The number of carbonyl (C=O) groups is 3. The number of likely N-dealkylation sites (tertiary alicyclic amines) is 1. The molecule has 0 saturated carbocycles. The summed E-state index contributed by atoms with van der Waals surface area (Å²) in [6.45, 7) is 9.01. The van der Waals surface area contributed by atoms with Crippen molar-refractivity contribution in [2.75, 3.05) is 18.0 Å². The van der Waals surface area contributed by atoms with Gasteiger partial charge in [0.05, 0.1) is 18.8 Å². The molecule has 12 heteroatoms. The van der Waals surface area contributed by atoms with Crippen LogP contribution in [0.4, 0.5) is 10.5 Å². The molecule has 0 spiro atoms. The van der Waals surface area contributed by atoms with Crippen molar-refractivity contribution in [2.45, 2.75) is 69.7 Å². The number of nitrogens with one attached hydrogen (secondary N) is 1. The number of rotatable bonds is 8. The van der Waals surface area contributed by atoms with E-state index < -0.39 is 46.5 Å². The minimum atomic E-state index is -1.33. The fraction of sp³-hybridized carbons (Fsp3) is 0.538. The van der Waals surface area contributed by atoms with Crippen LogP contribution < -0.4 is 10.2 Å². The number of aromatic nitrogens is 1. The second-order valence-corrected chi connectivity index (χ2v) is 11.7. The molecule has 3 atom stereocenters. The van der Waals surface area contributed by atoms with Crippen LogP contribution in [0.5, 0.6) is 0 Å². The second-order valence-electron chi connectivity index (χ2n) is 10.6. The molecule has 1 aliphatic rings. The summed E-state index contributed by atoms with van der Waals surface area (Å²) in [4.78, 5) is 40.5. The summed E-state index contributed by atoms with van der Waals surface area (Å²) >= 11 is 12.0. The van der Waals surface area contributed by atoms with Crippen LogP contribution in [0.3, 0.4) is 0 Å². The van der Waals surface area contributed by atoms with Gasteiger partial charge in [-0.15, -0.1) is 0 Å². The smallest absolute Gasteiger partial charge is 0.411 e. The van der Waals surface area contributed by atoms with Gasteiger partial charge in [-0.1, -0.05) is 54.3 Å². The molecule has 2 aromatic rings. The van der Waals surface area contributed by atoms with E-state index in [9.17, 15) is 19.5 Å². The molecular weight excluding hydrogens is 535 g/mol. The van der Waals surface area contributed by atoms with Crippen LogP contribution in [0, 0.1) is 5.92 Å². The van der Waals surface area contributed by atoms with E-state index in [1.165, 1.54) is 16.0 Å². The van der Waals surface area contributed by atoms with Gasteiger partial charge in [-0.05, 0) is 38.8 Å². The highest BCUT2D eigenvalue weighted by atomic mass is 35.5. The molecule has 3 amide bonds. The summed E-state index contributed by atoms with van der Waals surface area (Å²) in [5.74, 6) is -0.614. The maximum absolute atomic E-state index is 13.4. The van der Waals surface area contributed by atoms with Gasteiger partial charge in [0.15, 0.2) is 10.6 Å². The molecule has 0 radical (unpaired) electrons. The van der Waals surface area contributed by atoms with E-state index in [4.69, 9.17) is 32.5 Å². The highest BCUT2D eigenvalue weighted by Crippen LogP contribution is 2.27. The van der Waals surface area contributed by atoms with Gasteiger partial charge in [0.2, 0.25) is 5.91 Å². The lowest BCUT2D eigenvalue weighted by molar-refractivity contribution is -0.126. The minimum absolute atomic E-state index is 0.0153. The first-order valence-corrected chi connectivity index (χ1v) is 13.2. The van der Waals surface area contributed by atoms with Gasteiger partial charge < -0.3 is 24.6 Å². The van der Waals surface area contributed by atoms with Crippen LogP contribution >= 0.6 is 23.2 Å². The Morgan fingerprint density at radius 3 is 2.55 bits per heavy atom. The van der Waals surface area contributed by atoms with E-state index in [0.29, 0.717) is 17.0 Å². The number of hydrogen-bond acceptors (Lipinski definition) is 7. The molecule has 38 heavy (non-hydrogen) atoms. The number of halogens is 2. The Morgan fingerprint density at radius 1 is 1.26 bits per heavy atom. The summed E-state index contributed by atoms with van der Waals surface area (Å²) in [6, 6.07) is 7.27. The van der Waals surface area contributed by atoms with E-state index in [1.807, 2.05) is 19.9 Å². The van der Waals surface area contributed by atoms with Gasteiger partial charge in [-0.3, -0.25) is 14.5 Å². The number of carbonyl (C=O) groups excluding carboxylic acids is 3. The maximum atomic E-state index is 13.4. The van der Waals surface area contributed by atoms with Crippen molar-refractivity contribution in [3.8, 4) is 11.3 Å². The molecule has 3 rings (SSSR count). The summed E-state index contributed by atoms with van der Waals surface area (Å²) < 4.78 is 10.7. The molecule has 2 heterocycles. The molecule has 1 aromatic heterocycles. The molecule has 1 aromatic carbocycles. The Kier molecular flexibility index (Phi) is 9.67. The van der Waals surface area contributed by atoms with Crippen molar-refractivity contribution in [1.82, 2.24) is 15.4 Å². The standard InChI is InChI=1S/C26H34Cl2N4O6/c1-15(2)19(30-23(34)20-12-18(33)13-32(20)25(36)37-26(3,4)5)14-31(24(35)22(27)28)17-8-6-7-16(11-17)21-9-10-29-38-21/h6-11,15,18-20,22,33H,12-14H2,1-5H3,(H,30,34)/t18?,19-,20?/m1/s1. The van der Waals surface area contributed by atoms with Crippen molar-refractivity contribution in [1.29, 1.82) is 0 Å². The largest absolute Gasteiger partial charge is 0.444 e. The molecule has 0 bridgehead atoms. The number of amides is 3. The van der Waals surface area contributed by atoms with E-state index in [0.717, 1.165) is 0 Å². The van der Waals surface area contributed by atoms with Gasteiger partial charge >= 0.3 is 6.09 Å². The van der Waals surface area contributed by atoms with Gasteiger partial charge in [0.1, 0.15) is 11.6 Å². The van der Waals surface area contributed by atoms with Crippen molar-refractivity contribution < 1.29 is 28.8 Å². The molecule has 1 fully saturated rings. The first-order valence-electron chi connectivity index (χ1n) is 12.4. The summed E-state index contributed by atoms with van der Waals surface area (Å²) in [7, 11) is 0. The molecular formula is C26H34Cl2N4O6. The van der Waals surface area contributed by atoms with Crippen LogP contribution in [0.25, 0.3) is 11.3 Å². The summed E-state index contributed by atoms with van der Waals surface area (Å²) in [6.07, 6.45) is 0.0522. The summed E-state index contributed by atoms with van der Waals surface area (Å²) in [5, 5.41) is 16.9. The zero-order valence-corrected chi connectivity index (χ0v) is 23.6. The second kappa shape index (κ2) is 12.4. The lowest BCUT2D eigenvalue weighted by Gasteiger charge is -2.33. The number of β-amino-alcohol motifs (C(OH)–C–C–N with tert-alkyl or cyclic N) is 1. The number of benzene rings is 1. The molecule has 208 valence electrons. The van der Waals surface area contributed by atoms with Crippen LogP contribution in [0.15, 0.2) is 41.1 Å². The van der Waals surface area contributed by atoms with Crippen LogP contribution in [0.1, 0.15) is 41.0 Å². The topological polar surface area (TPSA) is 125 Å². The van der Waals surface area contributed by atoms with Gasteiger partial charge in [-0.25, -0.2) is 4.79 Å². The van der Waals surface area contributed by atoms with Crippen LogP contribution in [-0.4, -0.2) is 74.8 Å². The fourth-order valence-electron chi connectivity index (χ4n) is 4.12. The Balaban J connectivity index is 1.83. The van der Waals surface area contributed by atoms with Crippen molar-refractivity contribution in [3.63, 3.8) is 0 Å². The van der Waals surface area contributed by atoms with Crippen molar-refractivity contribution >= 4 is 46.8 Å². The van der Waals surface area contributed by atoms with E-state index in [1.54, 1.807) is 45.0 Å². The molecule has 1 saturated heterocycles. The summed E-state index contributed by atoms with van der Waals surface area (Å²) in [5.41, 5.74) is 0.436. The van der Waals surface area contributed by atoms with Gasteiger partial charge in [0, 0.05) is 36.3 Å². The third-order valence-electron chi connectivity index (χ3n) is 6.05. The number of aliphatic hydroxyl groups excluding tert-OH is 1. The highest BCUT2D eigenvalue weighted by Gasteiger charge is 2.42. The lowest BCUT2D eigenvalue weighted by Crippen LogP contribution is -2.54. The van der Waals surface area contributed by atoms with E-state index in [-0.39, 0.29) is 25.4 Å². The third kappa shape index (κ3) is 7.61. The molecule has 0 aliphatic carbocycles. The van der Waals surface area contributed by atoms with Crippen LogP contribution in [0.2, 0.25) is 0 Å². The number of ether oxygens (including phenoxy) is 1.